The van der Waals surface area contributed by atoms with Gasteiger partial charge in [-0.15, -0.1) is 0 Å². The van der Waals surface area contributed by atoms with E-state index in [9.17, 15) is 4.79 Å². The molecule has 0 saturated carbocycles. The van der Waals surface area contributed by atoms with Gasteiger partial charge in [-0.25, -0.2) is 4.68 Å². The number of aromatic nitrogens is 3. The molecule has 0 saturated heterocycles. The second kappa shape index (κ2) is 8.53. The molecular weight excluding hydrogens is 460 g/mol. The summed E-state index contributed by atoms with van der Waals surface area (Å²) >= 11 is 1.59. The zero-order valence-electron chi connectivity index (χ0n) is 20.7. The van der Waals surface area contributed by atoms with Crippen molar-refractivity contribution in [3.05, 3.63) is 64.2 Å². The molecule has 5 rings (SSSR count). The summed E-state index contributed by atoms with van der Waals surface area (Å²) < 4.78 is 13.8. The number of benzene rings is 1. The first-order chi connectivity index (χ1) is 16.7. The van der Waals surface area contributed by atoms with Crippen LogP contribution < -0.4 is 9.47 Å². The van der Waals surface area contributed by atoms with Crippen molar-refractivity contribution >= 4 is 17.2 Å². The molecule has 7 nitrogen and oxygen atoms in total. The molecule has 1 aliphatic rings. The fourth-order valence-electron chi connectivity index (χ4n) is 4.18. The van der Waals surface area contributed by atoms with Gasteiger partial charge in [0.25, 0.3) is 5.91 Å². The monoisotopic (exact) mass is 488 g/mol. The maximum atomic E-state index is 13.6. The number of methoxy groups -OCH3 is 1. The van der Waals surface area contributed by atoms with Crippen molar-refractivity contribution in [2.45, 2.75) is 39.8 Å². The smallest absolute Gasteiger partial charge is 0.274 e. The second-order valence-corrected chi connectivity index (χ2v) is 10.5. The fraction of sp³-hybridized carbons (Fsp3) is 0.296. The number of ether oxygens (including phenoxy) is 2. The first-order valence-corrected chi connectivity index (χ1v) is 12.3. The van der Waals surface area contributed by atoms with E-state index in [1.807, 2.05) is 74.7 Å². The van der Waals surface area contributed by atoms with Gasteiger partial charge < -0.3 is 14.4 Å². The van der Waals surface area contributed by atoms with Crippen molar-refractivity contribution in [3.8, 4) is 39.6 Å². The van der Waals surface area contributed by atoms with E-state index in [2.05, 4.69) is 17.1 Å². The second-order valence-electron chi connectivity index (χ2n) is 9.69. The topological polar surface area (TPSA) is 69.5 Å². The third kappa shape index (κ3) is 3.97. The van der Waals surface area contributed by atoms with Crippen LogP contribution in [0.3, 0.4) is 0 Å². The van der Waals surface area contributed by atoms with Crippen molar-refractivity contribution in [2.75, 3.05) is 14.2 Å². The zero-order valence-corrected chi connectivity index (χ0v) is 21.6. The normalized spacial score (nSPS) is 12.5. The Morgan fingerprint density at radius 2 is 2.00 bits per heavy atom. The minimum Gasteiger partial charge on any atom is -0.496 e. The SMILES string of the molecule is COc1cc2c(cc1-c1cncc(C)c1)-c1c(c(C(=O)N(C)C(C)(C)C)nn1-c1ccsc1)CO2. The van der Waals surface area contributed by atoms with Gasteiger partial charge in [0.05, 0.1) is 18.5 Å². The molecule has 35 heavy (non-hydrogen) atoms. The lowest BCUT2D eigenvalue weighted by atomic mass is 9.96. The van der Waals surface area contributed by atoms with E-state index in [-0.39, 0.29) is 18.1 Å². The number of carbonyl (C=O) groups excluding carboxylic acids is 1. The quantitative estimate of drug-likeness (QED) is 0.366. The number of hydrogen-bond donors (Lipinski definition) is 0. The third-order valence-corrected chi connectivity index (χ3v) is 7.03. The highest BCUT2D eigenvalue weighted by atomic mass is 32.1. The predicted molar refractivity (Wildman–Crippen MR) is 138 cm³/mol. The summed E-state index contributed by atoms with van der Waals surface area (Å²) in [5, 5.41) is 8.87. The highest BCUT2D eigenvalue weighted by molar-refractivity contribution is 7.08. The van der Waals surface area contributed by atoms with Gasteiger partial charge in [-0.3, -0.25) is 9.78 Å². The lowest BCUT2D eigenvalue weighted by molar-refractivity contribution is 0.0646. The number of thiophene rings is 1. The van der Waals surface area contributed by atoms with Gasteiger partial charge in [0.15, 0.2) is 5.69 Å². The van der Waals surface area contributed by atoms with Crippen molar-refractivity contribution in [3.63, 3.8) is 0 Å². The van der Waals surface area contributed by atoms with Crippen LogP contribution in [0.5, 0.6) is 11.5 Å². The number of pyridine rings is 1. The van der Waals surface area contributed by atoms with Crippen LogP contribution in [0.4, 0.5) is 0 Å². The molecule has 0 fully saturated rings. The molecule has 0 unspecified atom stereocenters. The van der Waals surface area contributed by atoms with Gasteiger partial charge in [0.2, 0.25) is 0 Å². The van der Waals surface area contributed by atoms with Crippen LogP contribution in [0.2, 0.25) is 0 Å². The van der Waals surface area contributed by atoms with Gasteiger partial charge in [0, 0.05) is 58.7 Å². The molecule has 3 aromatic heterocycles. The summed E-state index contributed by atoms with van der Waals surface area (Å²) in [7, 11) is 3.46. The summed E-state index contributed by atoms with van der Waals surface area (Å²) in [5.74, 6) is 1.26. The Hall–Kier alpha value is -3.65. The number of aryl methyl sites for hydroxylation is 1. The maximum Gasteiger partial charge on any atom is 0.274 e. The van der Waals surface area contributed by atoms with E-state index < -0.39 is 0 Å². The number of nitrogens with zero attached hydrogens (tertiary/aromatic N) is 4. The van der Waals surface area contributed by atoms with E-state index in [1.54, 1.807) is 23.3 Å². The van der Waals surface area contributed by atoms with E-state index >= 15 is 0 Å². The average molecular weight is 489 g/mol. The number of carbonyl (C=O) groups is 1. The first kappa shape index (κ1) is 23.1. The lowest BCUT2D eigenvalue weighted by Crippen LogP contribution is -2.43. The minimum atomic E-state index is -0.345. The number of amides is 1. The highest BCUT2D eigenvalue weighted by Crippen LogP contribution is 2.46. The summed E-state index contributed by atoms with van der Waals surface area (Å²) in [6.45, 7) is 8.28. The van der Waals surface area contributed by atoms with Crippen LogP contribution in [-0.4, -0.2) is 45.3 Å². The van der Waals surface area contributed by atoms with Crippen LogP contribution in [-0.2, 0) is 6.61 Å². The van der Waals surface area contributed by atoms with E-state index in [1.165, 1.54) is 0 Å². The van der Waals surface area contributed by atoms with Crippen molar-refractivity contribution in [1.82, 2.24) is 19.7 Å². The van der Waals surface area contributed by atoms with E-state index in [0.29, 0.717) is 17.2 Å². The Kier molecular flexibility index (Phi) is 5.63. The molecule has 0 spiro atoms. The standard InChI is InChI=1S/C27H28N4O3S/c1-16-9-17(13-28-12-16)19-10-20-23(11-22(19)33-6)34-14-21-24(26(32)30(5)27(2,3)4)29-31(25(20)21)18-7-8-35-15-18/h7-13,15H,14H2,1-6H3. The van der Waals surface area contributed by atoms with Gasteiger partial charge in [-0.05, 0) is 56.8 Å². The molecule has 1 aliphatic heterocycles. The Labute approximate surface area is 208 Å². The van der Waals surface area contributed by atoms with Crippen LogP contribution in [0.15, 0.2) is 47.4 Å². The van der Waals surface area contributed by atoms with Crippen LogP contribution in [0.25, 0.3) is 28.1 Å². The summed E-state index contributed by atoms with van der Waals surface area (Å²) in [4.78, 5) is 19.6. The maximum absolute atomic E-state index is 13.6. The van der Waals surface area contributed by atoms with Crippen LogP contribution >= 0.6 is 11.3 Å². The van der Waals surface area contributed by atoms with Gasteiger partial charge in [-0.1, -0.05) is 0 Å². The average Bonchev–Trinajstić information content (AvgIpc) is 3.49. The number of hydrogen-bond acceptors (Lipinski definition) is 6. The lowest BCUT2D eigenvalue weighted by Gasteiger charge is -2.31. The molecule has 0 atom stereocenters. The van der Waals surface area contributed by atoms with Crippen molar-refractivity contribution < 1.29 is 14.3 Å². The van der Waals surface area contributed by atoms with E-state index in [4.69, 9.17) is 14.6 Å². The molecule has 1 amide bonds. The first-order valence-electron chi connectivity index (χ1n) is 11.4. The Balaban J connectivity index is 1.75. The fourth-order valence-corrected chi connectivity index (χ4v) is 4.79. The van der Waals surface area contributed by atoms with Gasteiger partial charge in [0.1, 0.15) is 18.1 Å². The predicted octanol–water partition coefficient (Wildman–Crippen LogP) is 5.74. The molecular formula is C27H28N4O3S. The molecule has 0 radical (unpaired) electrons. The van der Waals surface area contributed by atoms with Gasteiger partial charge >= 0.3 is 0 Å². The van der Waals surface area contributed by atoms with Crippen LogP contribution in [0, 0.1) is 6.92 Å². The largest absolute Gasteiger partial charge is 0.496 e. The third-order valence-electron chi connectivity index (χ3n) is 6.36. The number of rotatable bonds is 4. The summed E-state index contributed by atoms with van der Waals surface area (Å²) in [5.41, 5.74) is 6.37. The Morgan fingerprint density at radius 1 is 1.20 bits per heavy atom. The Bertz CT molecular complexity index is 1420. The molecule has 180 valence electrons. The Morgan fingerprint density at radius 3 is 2.66 bits per heavy atom. The summed E-state index contributed by atoms with van der Waals surface area (Å²) in [6, 6.07) is 8.04. The summed E-state index contributed by atoms with van der Waals surface area (Å²) in [6.07, 6.45) is 3.65. The molecule has 1 aromatic carbocycles. The molecule has 4 heterocycles. The molecule has 0 aliphatic carbocycles. The molecule has 0 N–H and O–H groups in total. The highest BCUT2D eigenvalue weighted by Gasteiger charge is 2.34. The van der Waals surface area contributed by atoms with E-state index in [0.717, 1.165) is 39.2 Å². The van der Waals surface area contributed by atoms with Gasteiger partial charge in [-0.2, -0.15) is 16.4 Å². The molecule has 0 bridgehead atoms. The molecule has 8 heteroatoms. The van der Waals surface area contributed by atoms with Crippen LogP contribution in [0.1, 0.15) is 42.4 Å². The van der Waals surface area contributed by atoms with Crippen molar-refractivity contribution in [1.29, 1.82) is 0 Å². The minimum absolute atomic E-state index is 0.133. The zero-order chi connectivity index (χ0) is 24.9. The molecule has 4 aromatic rings. The van der Waals surface area contributed by atoms with Crippen molar-refractivity contribution in [2.24, 2.45) is 0 Å². The number of fused-ring (bicyclic) bond motifs is 3.